The van der Waals surface area contributed by atoms with Gasteiger partial charge in [-0.1, -0.05) is 35.9 Å². The number of nitrogens with zero attached hydrogens (tertiary/aromatic N) is 1. The van der Waals surface area contributed by atoms with Crippen molar-refractivity contribution in [2.75, 3.05) is 31.3 Å². The van der Waals surface area contributed by atoms with Crippen LogP contribution in [0.4, 0.5) is 5.69 Å². The number of aryl methyl sites for hydroxylation is 2. The molecular formula is C21H22ClNO4. The van der Waals surface area contributed by atoms with E-state index in [1.807, 2.05) is 44.2 Å². The predicted octanol–water partition coefficient (Wildman–Crippen LogP) is 3.97. The first kappa shape index (κ1) is 18.3. The molecule has 2 aromatic carbocycles. The van der Waals surface area contributed by atoms with Crippen LogP contribution in [0.1, 0.15) is 23.1 Å². The van der Waals surface area contributed by atoms with E-state index in [9.17, 15) is 4.79 Å². The van der Waals surface area contributed by atoms with Crippen molar-refractivity contribution in [1.29, 1.82) is 0 Å². The molecule has 4 rings (SSSR count). The quantitative estimate of drug-likeness (QED) is 0.728. The number of rotatable bonds is 5. The maximum atomic E-state index is 13.2. The zero-order chi connectivity index (χ0) is 19.0. The average molecular weight is 388 g/mol. The number of ether oxygens (including phenoxy) is 3. The van der Waals surface area contributed by atoms with Gasteiger partial charge in [0.25, 0.3) is 11.7 Å². The number of halogens is 1. The fourth-order valence-electron chi connectivity index (χ4n) is 3.81. The Morgan fingerprint density at radius 1 is 1.11 bits per heavy atom. The molecule has 0 aliphatic carbocycles. The van der Waals surface area contributed by atoms with Gasteiger partial charge in [-0.15, -0.1) is 0 Å². The van der Waals surface area contributed by atoms with Crippen LogP contribution in [0.2, 0.25) is 5.02 Å². The second-order valence-electron chi connectivity index (χ2n) is 6.83. The molecule has 2 aliphatic rings. The average Bonchev–Trinajstić information content (AvgIpc) is 3.24. The molecule has 0 bridgehead atoms. The van der Waals surface area contributed by atoms with E-state index >= 15 is 0 Å². The summed E-state index contributed by atoms with van der Waals surface area (Å²) in [5.41, 5.74) is 3.78. The van der Waals surface area contributed by atoms with Crippen molar-refractivity contribution in [3.63, 3.8) is 0 Å². The van der Waals surface area contributed by atoms with Gasteiger partial charge in [0.05, 0.1) is 30.5 Å². The van der Waals surface area contributed by atoms with Crippen LogP contribution in [0, 0.1) is 13.8 Å². The van der Waals surface area contributed by atoms with Crippen LogP contribution >= 0.6 is 11.6 Å². The number of carbonyl (C=O) groups excluding carboxylic acids is 1. The highest BCUT2D eigenvalue weighted by Crippen LogP contribution is 2.48. The Kier molecular flexibility index (Phi) is 4.84. The third-order valence-electron chi connectivity index (χ3n) is 5.03. The Hall–Kier alpha value is -2.08. The van der Waals surface area contributed by atoms with Crippen LogP contribution in [-0.2, 0) is 20.1 Å². The highest BCUT2D eigenvalue weighted by Gasteiger charge is 2.57. The Morgan fingerprint density at radius 2 is 1.81 bits per heavy atom. The Bertz CT molecular complexity index is 876. The molecule has 0 saturated carbocycles. The largest absolute Gasteiger partial charge is 0.492 e. The lowest BCUT2D eigenvalue weighted by Crippen LogP contribution is -2.42. The standard InChI is InChI=1S/C21H22ClNO4/c1-14-8-9-15(2)19-18(14)21(26-12-13-27-21)20(24)23(19)10-5-11-25-17-7-4-3-6-16(17)22/h3-4,6-9H,5,10-13H2,1-2H3. The summed E-state index contributed by atoms with van der Waals surface area (Å²) in [5, 5.41) is 0.582. The summed E-state index contributed by atoms with van der Waals surface area (Å²) in [6.07, 6.45) is 0.667. The van der Waals surface area contributed by atoms with Gasteiger partial charge in [0.2, 0.25) is 0 Å². The highest BCUT2D eigenvalue weighted by molar-refractivity contribution is 6.32. The summed E-state index contributed by atoms with van der Waals surface area (Å²) >= 11 is 6.12. The van der Waals surface area contributed by atoms with Gasteiger partial charge in [0.15, 0.2) is 0 Å². The summed E-state index contributed by atoms with van der Waals surface area (Å²) in [6.45, 7) is 5.82. The molecule has 1 fully saturated rings. The molecular weight excluding hydrogens is 366 g/mol. The van der Waals surface area contributed by atoms with Gasteiger partial charge in [-0.05, 0) is 43.5 Å². The number of benzene rings is 2. The van der Waals surface area contributed by atoms with E-state index in [-0.39, 0.29) is 5.91 Å². The number of carbonyl (C=O) groups is 1. The van der Waals surface area contributed by atoms with Crippen LogP contribution in [0.3, 0.4) is 0 Å². The van der Waals surface area contributed by atoms with Gasteiger partial charge in [-0.3, -0.25) is 4.79 Å². The minimum atomic E-state index is -1.28. The van der Waals surface area contributed by atoms with Crippen LogP contribution in [0.15, 0.2) is 36.4 Å². The second-order valence-corrected chi connectivity index (χ2v) is 7.23. The lowest BCUT2D eigenvalue weighted by Gasteiger charge is -2.22. The van der Waals surface area contributed by atoms with Crippen LogP contribution in [-0.4, -0.2) is 32.3 Å². The molecule has 2 aliphatic heterocycles. The van der Waals surface area contributed by atoms with E-state index < -0.39 is 5.79 Å². The predicted molar refractivity (Wildman–Crippen MR) is 103 cm³/mol. The zero-order valence-electron chi connectivity index (χ0n) is 15.5. The third-order valence-corrected chi connectivity index (χ3v) is 5.34. The number of hydrogen-bond acceptors (Lipinski definition) is 4. The maximum Gasteiger partial charge on any atom is 0.292 e. The highest BCUT2D eigenvalue weighted by atomic mass is 35.5. The molecule has 0 atom stereocenters. The monoisotopic (exact) mass is 387 g/mol. The van der Waals surface area contributed by atoms with Gasteiger partial charge in [-0.25, -0.2) is 0 Å². The zero-order valence-corrected chi connectivity index (χ0v) is 16.2. The van der Waals surface area contributed by atoms with Gasteiger partial charge < -0.3 is 19.1 Å². The van der Waals surface area contributed by atoms with Crippen molar-refractivity contribution in [2.24, 2.45) is 0 Å². The molecule has 0 aromatic heterocycles. The summed E-state index contributed by atoms with van der Waals surface area (Å²) in [6, 6.07) is 11.4. The number of para-hydroxylation sites is 1. The molecule has 0 N–H and O–H groups in total. The van der Waals surface area contributed by atoms with Gasteiger partial charge >= 0.3 is 0 Å². The van der Waals surface area contributed by atoms with Gasteiger partial charge in [0.1, 0.15) is 5.75 Å². The molecule has 1 spiro atoms. The van der Waals surface area contributed by atoms with E-state index in [2.05, 4.69) is 0 Å². The van der Waals surface area contributed by atoms with Gasteiger partial charge in [0, 0.05) is 12.1 Å². The molecule has 1 amide bonds. The fraction of sp³-hybridized carbons (Fsp3) is 0.381. The maximum absolute atomic E-state index is 13.2. The Morgan fingerprint density at radius 3 is 2.56 bits per heavy atom. The molecule has 0 radical (unpaired) electrons. The van der Waals surface area contributed by atoms with E-state index in [0.29, 0.717) is 43.6 Å². The molecule has 2 heterocycles. The van der Waals surface area contributed by atoms with Crippen LogP contribution in [0.5, 0.6) is 5.75 Å². The first-order chi connectivity index (χ1) is 13.0. The fourth-order valence-corrected chi connectivity index (χ4v) is 4.00. The first-order valence-corrected chi connectivity index (χ1v) is 9.50. The second kappa shape index (κ2) is 7.15. The molecule has 0 unspecified atom stereocenters. The summed E-state index contributed by atoms with van der Waals surface area (Å²) in [5.74, 6) is -0.780. The number of anilines is 1. The smallest absolute Gasteiger partial charge is 0.292 e. The molecule has 27 heavy (non-hydrogen) atoms. The number of amides is 1. The van der Waals surface area contributed by atoms with Crippen molar-refractivity contribution < 1.29 is 19.0 Å². The Balaban J connectivity index is 1.53. The van der Waals surface area contributed by atoms with E-state index in [1.165, 1.54) is 0 Å². The normalized spacial score (nSPS) is 17.6. The van der Waals surface area contributed by atoms with Gasteiger partial charge in [-0.2, -0.15) is 0 Å². The van der Waals surface area contributed by atoms with Crippen molar-refractivity contribution in [2.45, 2.75) is 26.1 Å². The lowest BCUT2D eigenvalue weighted by molar-refractivity contribution is -0.180. The van der Waals surface area contributed by atoms with Crippen molar-refractivity contribution in [1.82, 2.24) is 0 Å². The SMILES string of the molecule is Cc1ccc(C)c2c1N(CCCOc1ccccc1Cl)C(=O)C21OCCO1. The van der Waals surface area contributed by atoms with Crippen molar-refractivity contribution >= 4 is 23.2 Å². The lowest BCUT2D eigenvalue weighted by atomic mass is 9.98. The van der Waals surface area contributed by atoms with Crippen molar-refractivity contribution in [3.8, 4) is 5.75 Å². The number of fused-ring (bicyclic) bond motifs is 2. The molecule has 5 nitrogen and oxygen atoms in total. The van der Waals surface area contributed by atoms with Crippen molar-refractivity contribution in [3.05, 3.63) is 58.1 Å². The number of hydrogen-bond donors (Lipinski definition) is 0. The summed E-state index contributed by atoms with van der Waals surface area (Å²) < 4.78 is 17.4. The summed E-state index contributed by atoms with van der Waals surface area (Å²) in [4.78, 5) is 15.0. The van der Waals surface area contributed by atoms with E-state index in [4.69, 9.17) is 25.8 Å². The topological polar surface area (TPSA) is 48.0 Å². The van der Waals surface area contributed by atoms with Crippen LogP contribution < -0.4 is 9.64 Å². The molecule has 2 aromatic rings. The first-order valence-electron chi connectivity index (χ1n) is 9.12. The van der Waals surface area contributed by atoms with E-state index in [1.54, 1.807) is 11.0 Å². The molecule has 6 heteroatoms. The molecule has 142 valence electrons. The minimum absolute atomic E-state index is 0.148. The minimum Gasteiger partial charge on any atom is -0.492 e. The third kappa shape index (κ3) is 3.00. The Labute approximate surface area is 163 Å². The van der Waals surface area contributed by atoms with Crippen LogP contribution in [0.25, 0.3) is 0 Å². The van der Waals surface area contributed by atoms with E-state index in [0.717, 1.165) is 22.4 Å². The molecule has 1 saturated heterocycles. The summed E-state index contributed by atoms with van der Waals surface area (Å²) in [7, 11) is 0.